The van der Waals surface area contributed by atoms with E-state index in [1.165, 1.54) is 0 Å². The number of fused-ring (bicyclic) bond motifs is 1. The number of rotatable bonds is 3. The van der Waals surface area contributed by atoms with Crippen LogP contribution >= 0.6 is 24.0 Å². The number of aliphatic carboxylic acids is 1. The third-order valence-corrected chi connectivity index (χ3v) is 4.42. The van der Waals surface area contributed by atoms with Gasteiger partial charge in [-0.2, -0.15) is 0 Å². The summed E-state index contributed by atoms with van der Waals surface area (Å²) in [6.07, 6.45) is 3.58. The van der Waals surface area contributed by atoms with Gasteiger partial charge in [0.15, 0.2) is 0 Å². The lowest BCUT2D eigenvalue weighted by Gasteiger charge is -2.10. The van der Waals surface area contributed by atoms with Gasteiger partial charge in [0.25, 0.3) is 5.91 Å². The van der Waals surface area contributed by atoms with Crippen LogP contribution in [-0.2, 0) is 9.59 Å². The lowest BCUT2D eigenvalue weighted by Crippen LogP contribution is -2.33. The number of amides is 1. The molecule has 0 saturated carbocycles. The number of aromatic nitrogens is 1. The molecular formula is C14H10N2O3S2. The summed E-state index contributed by atoms with van der Waals surface area (Å²) in [5.41, 5.74) is 1.89. The first-order valence-electron chi connectivity index (χ1n) is 6.09. The zero-order chi connectivity index (χ0) is 15.0. The molecule has 106 valence electrons. The highest BCUT2D eigenvalue weighted by molar-refractivity contribution is 8.26. The third-order valence-electron chi connectivity index (χ3n) is 3.04. The van der Waals surface area contributed by atoms with Gasteiger partial charge in [0.2, 0.25) is 0 Å². The van der Waals surface area contributed by atoms with Crippen LogP contribution in [0.5, 0.6) is 0 Å². The van der Waals surface area contributed by atoms with Gasteiger partial charge >= 0.3 is 5.97 Å². The average Bonchev–Trinajstić information content (AvgIpc) is 2.98. The predicted molar refractivity (Wildman–Crippen MR) is 85.8 cm³/mol. The number of benzene rings is 1. The molecule has 1 aliphatic heterocycles. The SMILES string of the molecule is O=C(O)CN1C(=O)C(=Cc2ccc3[nH]ccc3c2)SC1=S. The van der Waals surface area contributed by atoms with E-state index in [-0.39, 0.29) is 10.2 Å². The Morgan fingerprint density at radius 1 is 1.43 bits per heavy atom. The van der Waals surface area contributed by atoms with Crippen molar-refractivity contribution in [2.75, 3.05) is 6.54 Å². The number of carboxylic acids is 1. The van der Waals surface area contributed by atoms with Crippen LogP contribution in [0.25, 0.3) is 17.0 Å². The molecule has 1 saturated heterocycles. The maximum atomic E-state index is 12.1. The van der Waals surface area contributed by atoms with Crippen LogP contribution in [0.15, 0.2) is 35.4 Å². The molecule has 1 aromatic heterocycles. The van der Waals surface area contributed by atoms with Crippen molar-refractivity contribution >= 4 is 57.2 Å². The zero-order valence-corrected chi connectivity index (χ0v) is 12.3. The summed E-state index contributed by atoms with van der Waals surface area (Å²) in [5.74, 6) is -1.44. The number of H-pyrrole nitrogens is 1. The lowest BCUT2D eigenvalue weighted by molar-refractivity contribution is -0.140. The predicted octanol–water partition coefficient (Wildman–Crippen LogP) is 2.45. The molecule has 2 aromatic rings. The number of thiocarbonyl (C=S) groups is 1. The molecule has 7 heteroatoms. The van der Waals surface area contributed by atoms with Crippen LogP contribution in [0, 0.1) is 0 Å². The Hall–Kier alpha value is -2.12. The summed E-state index contributed by atoms with van der Waals surface area (Å²) in [5, 5.41) is 9.84. The van der Waals surface area contributed by atoms with Gasteiger partial charge in [-0.1, -0.05) is 30.0 Å². The average molecular weight is 318 g/mol. The van der Waals surface area contributed by atoms with Crippen LogP contribution in [0.2, 0.25) is 0 Å². The van der Waals surface area contributed by atoms with E-state index in [0.29, 0.717) is 4.91 Å². The van der Waals surface area contributed by atoms with E-state index >= 15 is 0 Å². The van der Waals surface area contributed by atoms with Gasteiger partial charge < -0.3 is 10.1 Å². The van der Waals surface area contributed by atoms with Gasteiger partial charge in [-0.15, -0.1) is 0 Å². The molecule has 2 N–H and O–H groups in total. The molecule has 0 spiro atoms. The molecule has 2 heterocycles. The Bertz CT molecular complexity index is 794. The van der Waals surface area contributed by atoms with Gasteiger partial charge in [0.05, 0.1) is 4.91 Å². The number of thioether (sulfide) groups is 1. The first-order valence-corrected chi connectivity index (χ1v) is 7.31. The van der Waals surface area contributed by atoms with Crippen molar-refractivity contribution < 1.29 is 14.7 Å². The largest absolute Gasteiger partial charge is 0.480 e. The van der Waals surface area contributed by atoms with E-state index in [2.05, 4.69) is 4.98 Å². The van der Waals surface area contributed by atoms with E-state index in [0.717, 1.165) is 33.1 Å². The zero-order valence-electron chi connectivity index (χ0n) is 10.7. The first-order chi connectivity index (χ1) is 10.0. The second kappa shape index (κ2) is 5.34. The number of carbonyl (C=O) groups excluding carboxylic acids is 1. The molecular weight excluding hydrogens is 308 g/mol. The van der Waals surface area contributed by atoms with E-state index in [9.17, 15) is 9.59 Å². The molecule has 1 aromatic carbocycles. The maximum Gasteiger partial charge on any atom is 0.323 e. The molecule has 21 heavy (non-hydrogen) atoms. The van der Waals surface area contributed by atoms with Crippen LogP contribution < -0.4 is 0 Å². The topological polar surface area (TPSA) is 73.4 Å². The van der Waals surface area contributed by atoms with E-state index in [4.69, 9.17) is 17.3 Å². The second-order valence-corrected chi connectivity index (χ2v) is 6.16. The van der Waals surface area contributed by atoms with Crippen molar-refractivity contribution in [3.63, 3.8) is 0 Å². The fourth-order valence-corrected chi connectivity index (χ4v) is 3.34. The summed E-state index contributed by atoms with van der Waals surface area (Å²) < 4.78 is 0.274. The highest BCUT2D eigenvalue weighted by atomic mass is 32.2. The Labute approximate surface area is 129 Å². The molecule has 1 fully saturated rings. The van der Waals surface area contributed by atoms with Gasteiger partial charge in [-0.3, -0.25) is 14.5 Å². The van der Waals surface area contributed by atoms with Crippen molar-refractivity contribution in [2.45, 2.75) is 0 Å². The summed E-state index contributed by atoms with van der Waals surface area (Å²) in [6, 6.07) is 7.72. The molecule has 0 unspecified atom stereocenters. The highest BCUT2D eigenvalue weighted by Gasteiger charge is 2.33. The number of hydrogen-bond donors (Lipinski definition) is 2. The molecule has 3 rings (SSSR count). The van der Waals surface area contributed by atoms with Gasteiger partial charge in [-0.25, -0.2) is 0 Å². The van der Waals surface area contributed by atoms with Crippen molar-refractivity contribution in [3.05, 3.63) is 40.9 Å². The number of hydrogen-bond acceptors (Lipinski definition) is 4. The third kappa shape index (κ3) is 2.70. The van der Waals surface area contributed by atoms with Crippen LogP contribution in [0.4, 0.5) is 0 Å². The standard InChI is InChI=1S/C14H10N2O3S2/c17-12(18)7-16-13(19)11(21-14(16)20)6-8-1-2-10-9(5-8)3-4-15-10/h1-6,15H,7H2,(H,17,18). The van der Waals surface area contributed by atoms with Gasteiger partial charge in [0.1, 0.15) is 10.9 Å². The van der Waals surface area contributed by atoms with Crippen LogP contribution in [-0.4, -0.2) is 37.7 Å². The summed E-state index contributed by atoms with van der Waals surface area (Å²) in [4.78, 5) is 27.5. The van der Waals surface area contributed by atoms with Crippen molar-refractivity contribution in [2.24, 2.45) is 0 Å². The number of carbonyl (C=O) groups is 2. The Kier molecular flexibility index (Phi) is 3.52. The molecule has 0 atom stereocenters. The van der Waals surface area contributed by atoms with E-state index in [1.54, 1.807) is 6.08 Å². The molecule has 0 aliphatic carbocycles. The minimum absolute atomic E-state index is 0.274. The number of aromatic amines is 1. The smallest absolute Gasteiger partial charge is 0.323 e. The minimum Gasteiger partial charge on any atom is -0.480 e. The number of nitrogens with zero attached hydrogens (tertiary/aromatic N) is 1. The lowest BCUT2D eigenvalue weighted by atomic mass is 10.1. The normalized spacial score (nSPS) is 17.1. The van der Waals surface area contributed by atoms with E-state index in [1.807, 2.05) is 30.5 Å². The van der Waals surface area contributed by atoms with Gasteiger partial charge in [-0.05, 0) is 35.2 Å². The number of nitrogens with one attached hydrogen (secondary N) is 1. The summed E-state index contributed by atoms with van der Waals surface area (Å²) in [6.45, 7) is -0.404. The molecule has 1 aliphatic rings. The molecule has 1 amide bonds. The quantitative estimate of drug-likeness (QED) is 0.672. The van der Waals surface area contributed by atoms with Crippen molar-refractivity contribution in [1.29, 1.82) is 0 Å². The van der Waals surface area contributed by atoms with Gasteiger partial charge in [0, 0.05) is 11.7 Å². The fourth-order valence-electron chi connectivity index (χ4n) is 2.08. The Morgan fingerprint density at radius 2 is 2.24 bits per heavy atom. The van der Waals surface area contributed by atoms with Crippen molar-refractivity contribution in [3.8, 4) is 0 Å². The monoisotopic (exact) mass is 318 g/mol. The molecule has 0 bridgehead atoms. The summed E-state index contributed by atoms with van der Waals surface area (Å²) >= 11 is 6.18. The van der Waals surface area contributed by atoms with Crippen LogP contribution in [0.1, 0.15) is 5.56 Å². The number of carboxylic acid groups (broad SMARTS) is 1. The summed E-state index contributed by atoms with van der Waals surface area (Å²) in [7, 11) is 0. The maximum absolute atomic E-state index is 12.1. The first kappa shape index (κ1) is 13.8. The minimum atomic E-state index is -1.08. The molecule has 0 radical (unpaired) electrons. The van der Waals surface area contributed by atoms with Crippen molar-refractivity contribution in [1.82, 2.24) is 9.88 Å². The fraction of sp³-hybridized carbons (Fsp3) is 0.0714. The van der Waals surface area contributed by atoms with E-state index < -0.39 is 12.5 Å². The Morgan fingerprint density at radius 3 is 3.00 bits per heavy atom. The van der Waals surface area contributed by atoms with Crippen LogP contribution in [0.3, 0.4) is 0 Å². The Balaban J connectivity index is 1.90. The highest BCUT2D eigenvalue weighted by Crippen LogP contribution is 2.32. The second-order valence-electron chi connectivity index (χ2n) is 4.49. The molecule has 5 nitrogen and oxygen atoms in total.